The summed E-state index contributed by atoms with van der Waals surface area (Å²) in [5.41, 5.74) is 1.14. The fraction of sp³-hybridized carbons (Fsp3) is 0.619. The molecule has 3 rings (SSSR count). The van der Waals surface area contributed by atoms with Gasteiger partial charge in [-0.15, -0.1) is 0 Å². The molecular weight excluding hydrogens is 340 g/mol. The molecule has 1 saturated carbocycles. The van der Waals surface area contributed by atoms with E-state index in [4.69, 9.17) is 4.74 Å². The van der Waals surface area contributed by atoms with E-state index in [1.165, 1.54) is 12.8 Å². The molecule has 27 heavy (non-hydrogen) atoms. The molecule has 2 N–H and O–H groups in total. The third kappa shape index (κ3) is 5.37. The molecule has 0 bridgehead atoms. The third-order valence-electron chi connectivity index (χ3n) is 5.42. The standard InChI is InChI=1S/C21H32N4O2/c1-3-20(26)25-13-12-17(15-25)24-21(22-2)23-14-16-8-4-7-11-19(16)27-18-9-5-6-10-18/h4,7-8,11,17-18H,3,5-6,9-10,12-15H2,1-2H3,(H2,22,23,24). The molecule has 1 amide bonds. The highest BCUT2D eigenvalue weighted by Crippen LogP contribution is 2.26. The maximum Gasteiger partial charge on any atom is 0.222 e. The van der Waals surface area contributed by atoms with Crippen LogP contribution in [0, 0.1) is 0 Å². The van der Waals surface area contributed by atoms with Crippen LogP contribution in [0.15, 0.2) is 29.3 Å². The lowest BCUT2D eigenvalue weighted by atomic mass is 10.2. The highest BCUT2D eigenvalue weighted by molar-refractivity contribution is 5.80. The molecule has 2 aliphatic rings. The highest BCUT2D eigenvalue weighted by Gasteiger charge is 2.25. The van der Waals surface area contributed by atoms with Crippen LogP contribution in [-0.2, 0) is 11.3 Å². The number of benzene rings is 1. The molecule has 1 atom stereocenters. The van der Waals surface area contributed by atoms with Crippen LogP contribution in [0.3, 0.4) is 0 Å². The van der Waals surface area contributed by atoms with Crippen LogP contribution in [0.5, 0.6) is 5.75 Å². The number of rotatable bonds is 6. The Morgan fingerprint density at radius 2 is 2.04 bits per heavy atom. The highest BCUT2D eigenvalue weighted by atomic mass is 16.5. The fourth-order valence-corrected chi connectivity index (χ4v) is 3.85. The van der Waals surface area contributed by atoms with Gasteiger partial charge in [-0.05, 0) is 38.2 Å². The summed E-state index contributed by atoms with van der Waals surface area (Å²) < 4.78 is 6.21. The van der Waals surface area contributed by atoms with E-state index in [0.717, 1.165) is 49.6 Å². The van der Waals surface area contributed by atoms with Gasteiger partial charge in [-0.1, -0.05) is 25.1 Å². The van der Waals surface area contributed by atoms with E-state index < -0.39 is 0 Å². The lowest BCUT2D eigenvalue weighted by Gasteiger charge is -2.20. The van der Waals surface area contributed by atoms with Crippen molar-refractivity contribution in [2.75, 3.05) is 20.1 Å². The quantitative estimate of drug-likeness (QED) is 0.595. The van der Waals surface area contributed by atoms with E-state index in [-0.39, 0.29) is 11.9 Å². The summed E-state index contributed by atoms with van der Waals surface area (Å²) in [7, 11) is 1.78. The van der Waals surface area contributed by atoms with Crippen LogP contribution in [0.1, 0.15) is 51.0 Å². The van der Waals surface area contributed by atoms with Gasteiger partial charge in [0.05, 0.1) is 6.10 Å². The van der Waals surface area contributed by atoms with E-state index in [0.29, 0.717) is 19.1 Å². The number of carbonyl (C=O) groups is 1. The summed E-state index contributed by atoms with van der Waals surface area (Å²) in [6.45, 7) is 4.13. The molecule has 1 aromatic carbocycles. The van der Waals surface area contributed by atoms with Gasteiger partial charge in [0.1, 0.15) is 5.75 Å². The van der Waals surface area contributed by atoms with Crippen LogP contribution in [0.25, 0.3) is 0 Å². The number of carbonyl (C=O) groups excluding carboxylic acids is 1. The van der Waals surface area contributed by atoms with Crippen LogP contribution in [0.4, 0.5) is 0 Å². The van der Waals surface area contributed by atoms with Crippen LogP contribution < -0.4 is 15.4 Å². The van der Waals surface area contributed by atoms with Crippen molar-refractivity contribution in [3.05, 3.63) is 29.8 Å². The number of para-hydroxylation sites is 1. The Morgan fingerprint density at radius 3 is 2.78 bits per heavy atom. The number of amides is 1. The van der Waals surface area contributed by atoms with Crippen molar-refractivity contribution in [2.24, 2.45) is 4.99 Å². The summed E-state index contributed by atoms with van der Waals surface area (Å²) >= 11 is 0. The van der Waals surface area contributed by atoms with Gasteiger partial charge in [-0.3, -0.25) is 9.79 Å². The van der Waals surface area contributed by atoms with Crippen LogP contribution in [-0.4, -0.2) is 49.0 Å². The van der Waals surface area contributed by atoms with E-state index in [2.05, 4.69) is 27.8 Å². The van der Waals surface area contributed by atoms with E-state index >= 15 is 0 Å². The third-order valence-corrected chi connectivity index (χ3v) is 5.42. The lowest BCUT2D eigenvalue weighted by Crippen LogP contribution is -2.44. The zero-order valence-electron chi connectivity index (χ0n) is 16.5. The van der Waals surface area contributed by atoms with Crippen molar-refractivity contribution in [2.45, 2.75) is 64.1 Å². The second-order valence-corrected chi connectivity index (χ2v) is 7.38. The topological polar surface area (TPSA) is 66.0 Å². The molecular formula is C21H32N4O2. The first-order valence-electron chi connectivity index (χ1n) is 10.2. The Kier molecular flexibility index (Phi) is 6.96. The molecule has 6 heteroatoms. The fourth-order valence-electron chi connectivity index (χ4n) is 3.85. The summed E-state index contributed by atoms with van der Waals surface area (Å²) in [4.78, 5) is 18.1. The number of guanidine groups is 1. The Bertz CT molecular complexity index is 655. The van der Waals surface area contributed by atoms with Crippen molar-refractivity contribution < 1.29 is 9.53 Å². The maximum atomic E-state index is 11.8. The normalized spacial score (nSPS) is 20.7. The zero-order valence-corrected chi connectivity index (χ0v) is 16.5. The predicted octanol–water partition coefficient (Wildman–Crippen LogP) is 2.68. The van der Waals surface area contributed by atoms with Crippen LogP contribution in [0.2, 0.25) is 0 Å². The first kappa shape index (κ1) is 19.5. The molecule has 148 valence electrons. The second-order valence-electron chi connectivity index (χ2n) is 7.38. The lowest BCUT2D eigenvalue weighted by molar-refractivity contribution is -0.129. The maximum absolute atomic E-state index is 11.8. The van der Waals surface area contributed by atoms with E-state index in [9.17, 15) is 4.79 Å². The van der Waals surface area contributed by atoms with E-state index in [1.807, 2.05) is 24.0 Å². The first-order valence-corrected chi connectivity index (χ1v) is 10.2. The van der Waals surface area contributed by atoms with Gasteiger partial charge in [0, 0.05) is 44.7 Å². The predicted molar refractivity (Wildman–Crippen MR) is 108 cm³/mol. The minimum Gasteiger partial charge on any atom is -0.490 e. The van der Waals surface area contributed by atoms with Crippen molar-refractivity contribution in [1.29, 1.82) is 0 Å². The molecule has 1 saturated heterocycles. The summed E-state index contributed by atoms with van der Waals surface area (Å²) in [5.74, 6) is 1.95. The molecule has 1 aliphatic carbocycles. The van der Waals surface area contributed by atoms with Gasteiger partial charge in [0.15, 0.2) is 5.96 Å². The Balaban J connectivity index is 1.52. The summed E-state index contributed by atoms with van der Waals surface area (Å²) in [6, 6.07) is 8.47. The van der Waals surface area contributed by atoms with E-state index in [1.54, 1.807) is 7.05 Å². The molecule has 1 aliphatic heterocycles. The summed E-state index contributed by atoms with van der Waals surface area (Å²) in [5, 5.41) is 6.83. The van der Waals surface area contributed by atoms with Crippen molar-refractivity contribution in [3.8, 4) is 5.75 Å². The van der Waals surface area contributed by atoms with Gasteiger partial charge < -0.3 is 20.3 Å². The average molecular weight is 373 g/mol. The molecule has 2 fully saturated rings. The number of nitrogens with one attached hydrogen (secondary N) is 2. The largest absolute Gasteiger partial charge is 0.490 e. The number of hydrogen-bond acceptors (Lipinski definition) is 3. The van der Waals surface area contributed by atoms with Gasteiger partial charge in [0.25, 0.3) is 0 Å². The van der Waals surface area contributed by atoms with Gasteiger partial charge >= 0.3 is 0 Å². The second kappa shape index (κ2) is 9.62. The number of hydrogen-bond donors (Lipinski definition) is 2. The first-order chi connectivity index (χ1) is 13.2. The van der Waals surface area contributed by atoms with Crippen molar-refractivity contribution >= 4 is 11.9 Å². The SMILES string of the molecule is CCC(=O)N1CCC(NC(=NC)NCc2ccccc2OC2CCCC2)C1. The smallest absolute Gasteiger partial charge is 0.222 e. The van der Waals surface area contributed by atoms with Crippen molar-refractivity contribution in [3.63, 3.8) is 0 Å². The van der Waals surface area contributed by atoms with Crippen molar-refractivity contribution in [1.82, 2.24) is 15.5 Å². The minimum atomic E-state index is 0.222. The number of aliphatic imine (C=N–C) groups is 1. The summed E-state index contributed by atoms with van der Waals surface area (Å²) in [6.07, 6.45) is 6.70. The van der Waals surface area contributed by atoms with Gasteiger partial charge in [0.2, 0.25) is 5.91 Å². The monoisotopic (exact) mass is 372 g/mol. The number of nitrogens with zero attached hydrogens (tertiary/aromatic N) is 2. The van der Waals surface area contributed by atoms with Crippen LogP contribution >= 0.6 is 0 Å². The molecule has 0 radical (unpaired) electrons. The van der Waals surface area contributed by atoms with Gasteiger partial charge in [-0.2, -0.15) is 0 Å². The molecule has 6 nitrogen and oxygen atoms in total. The molecule has 1 heterocycles. The molecule has 0 aromatic heterocycles. The van der Waals surface area contributed by atoms with Gasteiger partial charge in [-0.25, -0.2) is 0 Å². The number of likely N-dealkylation sites (tertiary alicyclic amines) is 1. The Morgan fingerprint density at radius 1 is 1.26 bits per heavy atom. The molecule has 0 spiro atoms. The molecule has 1 aromatic rings. The Labute approximate surface area is 162 Å². The minimum absolute atomic E-state index is 0.222. The average Bonchev–Trinajstić information content (AvgIpc) is 3.37. The Hall–Kier alpha value is -2.24. The number of ether oxygens (including phenoxy) is 1. The zero-order chi connectivity index (χ0) is 19.1. The molecule has 1 unspecified atom stereocenters.